The van der Waals surface area contributed by atoms with Crippen molar-refractivity contribution in [2.24, 2.45) is 5.41 Å². The molecule has 2 aromatic heterocycles. The van der Waals surface area contributed by atoms with Gasteiger partial charge in [-0.1, -0.05) is 12.5 Å². The van der Waals surface area contributed by atoms with Crippen molar-refractivity contribution >= 4 is 18.0 Å². The summed E-state index contributed by atoms with van der Waals surface area (Å²) >= 11 is 0. The second kappa shape index (κ2) is 10.2. The van der Waals surface area contributed by atoms with Gasteiger partial charge in [-0.05, 0) is 61.1 Å². The standard InChI is InChI=1S/C29H29F3N6O4/c30-29(31,32)16-42-19-3-4-20-18(10-19)6-9-28(20)11-21-23(25(40)36-28)24(26(41)35-14-27(15-39)7-1-8-27)38(37-21)22-5-2-17(12-33)13-34-22/h2-5,10,12-13,33,39H,1,6-9,11,14-16H2,(H,35,41)(H,36,40)/t28-/m0/s1. The van der Waals surface area contributed by atoms with Crippen molar-refractivity contribution in [1.29, 1.82) is 5.41 Å². The third-order valence-corrected chi connectivity index (χ3v) is 8.57. The van der Waals surface area contributed by atoms with E-state index in [1.165, 1.54) is 16.9 Å². The van der Waals surface area contributed by atoms with Gasteiger partial charge in [-0.3, -0.25) is 9.59 Å². The Bertz CT molecular complexity index is 1560. The first-order valence-electron chi connectivity index (χ1n) is 13.7. The molecule has 0 saturated heterocycles. The predicted octanol–water partition coefficient (Wildman–Crippen LogP) is 3.23. The molecular formula is C29H29F3N6O4. The van der Waals surface area contributed by atoms with E-state index in [0.29, 0.717) is 29.9 Å². The van der Waals surface area contributed by atoms with Gasteiger partial charge >= 0.3 is 6.18 Å². The highest BCUT2D eigenvalue weighted by atomic mass is 19.4. The molecule has 4 N–H and O–H groups in total. The van der Waals surface area contributed by atoms with E-state index in [1.807, 2.05) is 0 Å². The smallest absolute Gasteiger partial charge is 0.422 e. The van der Waals surface area contributed by atoms with Gasteiger partial charge < -0.3 is 25.9 Å². The number of hydrogen-bond donors (Lipinski definition) is 4. The number of carbonyl (C=O) groups is 2. The van der Waals surface area contributed by atoms with Gasteiger partial charge in [0.1, 0.15) is 11.4 Å². The van der Waals surface area contributed by atoms with E-state index in [-0.39, 0.29) is 42.0 Å². The molecule has 1 fully saturated rings. The number of nitrogens with zero attached hydrogens (tertiary/aromatic N) is 3. The fourth-order valence-corrected chi connectivity index (χ4v) is 6.13. The molecule has 1 spiro atoms. The Morgan fingerprint density at radius 3 is 2.69 bits per heavy atom. The highest BCUT2D eigenvalue weighted by Crippen LogP contribution is 2.44. The van der Waals surface area contributed by atoms with Crippen LogP contribution in [0.25, 0.3) is 5.82 Å². The van der Waals surface area contributed by atoms with Crippen molar-refractivity contribution in [3.05, 3.63) is 70.2 Å². The molecule has 10 nitrogen and oxygen atoms in total. The summed E-state index contributed by atoms with van der Waals surface area (Å²) in [5, 5.41) is 28.0. The van der Waals surface area contributed by atoms with Gasteiger partial charge in [0.2, 0.25) is 0 Å². The number of fused-ring (bicyclic) bond motifs is 3. The number of ether oxygens (including phenoxy) is 1. The van der Waals surface area contributed by atoms with E-state index in [0.717, 1.165) is 36.6 Å². The molecule has 1 atom stereocenters. The van der Waals surface area contributed by atoms with E-state index >= 15 is 0 Å². The van der Waals surface area contributed by atoms with Crippen molar-refractivity contribution in [2.75, 3.05) is 19.8 Å². The number of aromatic nitrogens is 3. The van der Waals surface area contributed by atoms with Crippen LogP contribution in [0.4, 0.5) is 13.2 Å². The highest BCUT2D eigenvalue weighted by molar-refractivity contribution is 6.08. The number of halogens is 3. The molecule has 1 aliphatic heterocycles. The van der Waals surface area contributed by atoms with Crippen LogP contribution in [0.2, 0.25) is 0 Å². The van der Waals surface area contributed by atoms with E-state index in [9.17, 15) is 27.9 Å². The minimum atomic E-state index is -4.46. The fourth-order valence-electron chi connectivity index (χ4n) is 6.13. The number of aliphatic hydroxyl groups excluding tert-OH is 1. The van der Waals surface area contributed by atoms with Crippen LogP contribution < -0.4 is 15.4 Å². The minimum Gasteiger partial charge on any atom is -0.484 e. The van der Waals surface area contributed by atoms with Crippen molar-refractivity contribution in [3.8, 4) is 11.6 Å². The van der Waals surface area contributed by atoms with Crippen molar-refractivity contribution in [1.82, 2.24) is 25.4 Å². The summed E-state index contributed by atoms with van der Waals surface area (Å²) in [4.78, 5) is 31.7. The Hall–Kier alpha value is -4.26. The Labute approximate surface area is 238 Å². The maximum Gasteiger partial charge on any atom is 0.422 e. The van der Waals surface area contributed by atoms with Crippen LogP contribution >= 0.6 is 0 Å². The normalized spacial score (nSPS) is 20.3. The number of aryl methyl sites for hydroxylation is 1. The molecule has 0 bridgehead atoms. The number of pyridine rings is 1. The minimum absolute atomic E-state index is 0.0222. The zero-order chi connectivity index (χ0) is 29.7. The Morgan fingerprint density at radius 2 is 2.05 bits per heavy atom. The largest absolute Gasteiger partial charge is 0.484 e. The van der Waals surface area contributed by atoms with Crippen LogP contribution in [0.3, 0.4) is 0 Å². The number of carbonyl (C=O) groups excluding carboxylic acids is 2. The molecule has 220 valence electrons. The van der Waals surface area contributed by atoms with Crippen LogP contribution in [0, 0.1) is 10.8 Å². The fraction of sp³-hybridized carbons (Fsp3) is 0.414. The summed E-state index contributed by atoms with van der Waals surface area (Å²) in [5.74, 6) is -0.623. The lowest BCUT2D eigenvalue weighted by Crippen LogP contribution is -2.50. The number of amides is 2. The molecule has 3 aliphatic rings. The van der Waals surface area contributed by atoms with E-state index < -0.39 is 30.1 Å². The number of aliphatic hydroxyl groups is 1. The Morgan fingerprint density at radius 1 is 1.24 bits per heavy atom. The lowest BCUT2D eigenvalue weighted by molar-refractivity contribution is -0.153. The van der Waals surface area contributed by atoms with E-state index in [1.54, 1.807) is 24.3 Å². The number of benzene rings is 1. The molecule has 13 heteroatoms. The van der Waals surface area contributed by atoms with Crippen LogP contribution in [0.15, 0.2) is 36.5 Å². The molecular weight excluding hydrogens is 553 g/mol. The van der Waals surface area contributed by atoms with Crippen LogP contribution in [0.1, 0.15) is 68.9 Å². The average molecular weight is 583 g/mol. The van der Waals surface area contributed by atoms with E-state index in [2.05, 4.69) is 20.7 Å². The van der Waals surface area contributed by atoms with Gasteiger partial charge in [0.15, 0.2) is 12.4 Å². The summed E-state index contributed by atoms with van der Waals surface area (Å²) < 4.78 is 44.2. The third-order valence-electron chi connectivity index (χ3n) is 8.57. The topological polar surface area (TPSA) is 142 Å². The van der Waals surface area contributed by atoms with Gasteiger partial charge in [-0.25, -0.2) is 9.67 Å². The summed E-state index contributed by atoms with van der Waals surface area (Å²) in [5.41, 5.74) is 1.41. The summed E-state index contributed by atoms with van der Waals surface area (Å²) in [6, 6.07) is 7.97. The second-order valence-corrected chi connectivity index (χ2v) is 11.3. The molecule has 0 radical (unpaired) electrons. The predicted molar refractivity (Wildman–Crippen MR) is 144 cm³/mol. The first kappa shape index (κ1) is 27.9. The average Bonchev–Trinajstić information content (AvgIpc) is 3.50. The molecule has 3 heterocycles. The van der Waals surface area contributed by atoms with Gasteiger partial charge in [0.25, 0.3) is 11.8 Å². The molecule has 1 saturated carbocycles. The number of hydrogen-bond acceptors (Lipinski definition) is 7. The van der Waals surface area contributed by atoms with Crippen molar-refractivity contribution in [2.45, 2.75) is 50.2 Å². The Kier molecular flexibility index (Phi) is 6.79. The molecule has 2 amide bonds. The molecule has 42 heavy (non-hydrogen) atoms. The van der Waals surface area contributed by atoms with Crippen LogP contribution in [0.5, 0.6) is 5.75 Å². The van der Waals surface area contributed by atoms with Crippen LogP contribution in [-0.2, 0) is 18.4 Å². The van der Waals surface area contributed by atoms with Gasteiger partial charge in [-0.2, -0.15) is 18.3 Å². The lowest BCUT2D eigenvalue weighted by Gasteiger charge is -2.40. The third kappa shape index (κ3) is 4.91. The first-order chi connectivity index (χ1) is 20.1. The summed E-state index contributed by atoms with van der Waals surface area (Å²) in [7, 11) is 0. The maximum atomic E-state index is 13.7. The van der Waals surface area contributed by atoms with Gasteiger partial charge in [-0.15, -0.1) is 0 Å². The summed E-state index contributed by atoms with van der Waals surface area (Å²) in [6.45, 7) is -1.20. The zero-order valence-corrected chi connectivity index (χ0v) is 22.6. The molecule has 3 aromatic rings. The van der Waals surface area contributed by atoms with E-state index in [4.69, 9.17) is 10.1 Å². The maximum absolute atomic E-state index is 13.7. The number of alkyl halides is 3. The first-order valence-corrected chi connectivity index (χ1v) is 13.7. The van der Waals surface area contributed by atoms with Gasteiger partial charge in [0.05, 0.1) is 23.4 Å². The molecule has 2 aliphatic carbocycles. The Balaban J connectivity index is 1.35. The number of rotatable bonds is 8. The SMILES string of the molecule is N=Cc1ccc(-n2nc3c(c2C(=O)NCC2(CO)CCC2)C(=O)N[C@@]2(CCc4cc(OCC(F)(F)F)ccc42)C3)nc1. The summed E-state index contributed by atoms with van der Waals surface area (Å²) in [6.07, 6.45) is 1.96. The second-order valence-electron chi connectivity index (χ2n) is 11.3. The van der Waals surface area contributed by atoms with Crippen LogP contribution in [-0.4, -0.2) is 63.8 Å². The quantitative estimate of drug-likeness (QED) is 0.301. The highest BCUT2D eigenvalue weighted by Gasteiger charge is 2.47. The molecule has 0 unspecified atom stereocenters. The van der Waals surface area contributed by atoms with Crippen molar-refractivity contribution < 1.29 is 32.6 Å². The van der Waals surface area contributed by atoms with Gasteiger partial charge in [0, 0.05) is 36.4 Å². The monoisotopic (exact) mass is 582 g/mol. The molecule has 6 rings (SSSR count). The zero-order valence-electron chi connectivity index (χ0n) is 22.6. The lowest BCUT2D eigenvalue weighted by atomic mass is 9.69. The number of nitrogens with one attached hydrogen (secondary N) is 3. The molecule has 1 aromatic carbocycles. The van der Waals surface area contributed by atoms with Crippen molar-refractivity contribution in [3.63, 3.8) is 0 Å².